The highest BCUT2D eigenvalue weighted by molar-refractivity contribution is 7.99. The maximum Gasteiger partial charge on any atom is 0.234 e. The van der Waals surface area contributed by atoms with Crippen molar-refractivity contribution in [3.05, 3.63) is 59.1 Å². The predicted molar refractivity (Wildman–Crippen MR) is 101 cm³/mol. The molecule has 0 spiro atoms. The van der Waals surface area contributed by atoms with Gasteiger partial charge in [-0.3, -0.25) is 4.79 Å². The van der Waals surface area contributed by atoms with Gasteiger partial charge in [0, 0.05) is 11.3 Å². The Morgan fingerprint density at radius 1 is 1.27 bits per heavy atom. The number of hydrogen-bond donors (Lipinski definition) is 2. The highest BCUT2D eigenvalue weighted by Crippen LogP contribution is 2.27. The molecule has 3 N–H and O–H groups in total. The molecule has 0 aliphatic rings. The molecule has 3 aromatic rings. The second kappa shape index (κ2) is 7.91. The van der Waals surface area contributed by atoms with Gasteiger partial charge in [0.25, 0.3) is 0 Å². The molecule has 1 aromatic heterocycles. The first-order valence-corrected chi connectivity index (χ1v) is 8.83. The molecule has 0 bridgehead atoms. The molecule has 0 radical (unpaired) electrons. The smallest absolute Gasteiger partial charge is 0.234 e. The molecule has 0 aliphatic carbocycles. The van der Waals surface area contributed by atoms with E-state index in [0.717, 1.165) is 11.8 Å². The number of nitrogen functional groups attached to an aromatic ring is 1. The lowest BCUT2D eigenvalue weighted by Crippen LogP contribution is -2.16. The predicted octanol–water partition coefficient (Wildman–Crippen LogP) is 2.91. The van der Waals surface area contributed by atoms with Crippen molar-refractivity contribution in [1.29, 1.82) is 5.26 Å². The van der Waals surface area contributed by atoms with E-state index in [1.807, 2.05) is 18.2 Å². The highest BCUT2D eigenvalue weighted by Gasteiger charge is 2.15. The molecule has 9 heteroatoms. The molecule has 0 aliphatic heterocycles. The number of nitrogens with one attached hydrogen (secondary N) is 1. The van der Waals surface area contributed by atoms with Gasteiger partial charge in [0.1, 0.15) is 0 Å². The quantitative estimate of drug-likeness (QED) is 0.517. The topological polar surface area (TPSA) is 110 Å². The van der Waals surface area contributed by atoms with E-state index in [-0.39, 0.29) is 11.7 Å². The molecule has 7 nitrogen and oxygen atoms in total. The summed E-state index contributed by atoms with van der Waals surface area (Å²) in [4.78, 5) is 12.1. The summed E-state index contributed by atoms with van der Waals surface area (Å²) in [6.07, 6.45) is 0. The van der Waals surface area contributed by atoms with Crippen molar-refractivity contribution in [3.8, 4) is 17.5 Å². The lowest BCUT2D eigenvalue weighted by molar-refractivity contribution is -0.113. The van der Waals surface area contributed by atoms with E-state index in [2.05, 4.69) is 15.5 Å². The van der Waals surface area contributed by atoms with Crippen LogP contribution in [0.5, 0.6) is 0 Å². The van der Waals surface area contributed by atoms with Crippen LogP contribution in [0.25, 0.3) is 11.4 Å². The van der Waals surface area contributed by atoms with E-state index in [0.29, 0.717) is 32.8 Å². The van der Waals surface area contributed by atoms with Crippen LogP contribution in [0.4, 0.5) is 5.69 Å². The lowest BCUT2D eigenvalue weighted by atomic mass is 10.2. The average molecular weight is 385 g/mol. The normalized spacial score (nSPS) is 10.3. The molecular formula is C17H13ClN6OS. The SMILES string of the molecule is N#Cc1cccc(NC(=O)CSc2nnc(-c3ccccc3Cl)n2N)c1. The van der Waals surface area contributed by atoms with E-state index in [1.54, 1.807) is 36.4 Å². The van der Waals surface area contributed by atoms with Crippen molar-refractivity contribution in [2.24, 2.45) is 0 Å². The monoisotopic (exact) mass is 384 g/mol. The number of amides is 1. The summed E-state index contributed by atoms with van der Waals surface area (Å²) in [6.45, 7) is 0. The van der Waals surface area contributed by atoms with Crippen molar-refractivity contribution >= 4 is 35.0 Å². The van der Waals surface area contributed by atoms with E-state index in [9.17, 15) is 4.79 Å². The second-order valence-corrected chi connectivity index (χ2v) is 6.54. The van der Waals surface area contributed by atoms with Gasteiger partial charge in [-0.2, -0.15) is 5.26 Å². The number of nitrogens with zero attached hydrogens (tertiary/aromatic N) is 4. The Hall–Kier alpha value is -3.02. The van der Waals surface area contributed by atoms with Gasteiger partial charge in [-0.05, 0) is 30.3 Å². The minimum Gasteiger partial charge on any atom is -0.335 e. The molecule has 0 saturated carbocycles. The number of thioether (sulfide) groups is 1. The van der Waals surface area contributed by atoms with Gasteiger partial charge in [-0.15, -0.1) is 10.2 Å². The summed E-state index contributed by atoms with van der Waals surface area (Å²) in [7, 11) is 0. The second-order valence-electron chi connectivity index (χ2n) is 5.19. The van der Waals surface area contributed by atoms with Crippen LogP contribution in [-0.4, -0.2) is 26.5 Å². The first kappa shape index (κ1) is 17.8. The molecule has 0 atom stereocenters. The third kappa shape index (κ3) is 3.96. The molecule has 26 heavy (non-hydrogen) atoms. The molecule has 0 fully saturated rings. The van der Waals surface area contributed by atoms with Crippen molar-refractivity contribution in [2.75, 3.05) is 16.9 Å². The van der Waals surface area contributed by atoms with Gasteiger partial charge < -0.3 is 11.2 Å². The maximum absolute atomic E-state index is 12.1. The zero-order valence-corrected chi connectivity index (χ0v) is 15.0. The van der Waals surface area contributed by atoms with Gasteiger partial charge in [-0.25, -0.2) is 4.68 Å². The Labute approximate surface area is 158 Å². The summed E-state index contributed by atoms with van der Waals surface area (Å²) in [6, 6.07) is 15.9. The number of benzene rings is 2. The largest absolute Gasteiger partial charge is 0.335 e. The summed E-state index contributed by atoms with van der Waals surface area (Å²) in [5.74, 6) is 6.29. The van der Waals surface area contributed by atoms with E-state index >= 15 is 0 Å². The minimum atomic E-state index is -0.243. The fraction of sp³-hybridized carbons (Fsp3) is 0.0588. The lowest BCUT2D eigenvalue weighted by Gasteiger charge is -2.06. The molecule has 130 valence electrons. The first-order valence-electron chi connectivity index (χ1n) is 7.46. The third-order valence-electron chi connectivity index (χ3n) is 3.39. The van der Waals surface area contributed by atoms with Crippen LogP contribution in [-0.2, 0) is 4.79 Å². The zero-order valence-electron chi connectivity index (χ0n) is 13.4. The van der Waals surface area contributed by atoms with Gasteiger partial charge in [0.15, 0.2) is 5.82 Å². The van der Waals surface area contributed by atoms with Gasteiger partial charge in [0.2, 0.25) is 11.1 Å². The molecule has 2 aromatic carbocycles. The molecule has 3 rings (SSSR count). The molecule has 1 amide bonds. The number of carbonyl (C=O) groups is 1. The average Bonchev–Trinajstić information content (AvgIpc) is 3.01. The highest BCUT2D eigenvalue weighted by atomic mass is 35.5. The summed E-state index contributed by atoms with van der Waals surface area (Å²) < 4.78 is 1.30. The van der Waals surface area contributed by atoms with Crippen LogP contribution in [0.2, 0.25) is 5.02 Å². The molecule has 1 heterocycles. The Morgan fingerprint density at radius 2 is 2.08 bits per heavy atom. The summed E-state index contributed by atoms with van der Waals surface area (Å²) in [5.41, 5.74) is 1.69. The minimum absolute atomic E-state index is 0.0919. The van der Waals surface area contributed by atoms with Crippen molar-refractivity contribution in [1.82, 2.24) is 14.9 Å². The third-order valence-corrected chi connectivity index (χ3v) is 4.66. The number of carbonyl (C=O) groups excluding carboxylic acids is 1. The molecular weight excluding hydrogens is 372 g/mol. The standard InChI is InChI=1S/C17H13ClN6OS/c18-14-7-2-1-6-13(14)16-22-23-17(24(16)20)26-10-15(25)21-12-5-3-4-11(8-12)9-19/h1-8H,10,20H2,(H,21,25). The van der Waals surface area contributed by atoms with Crippen LogP contribution < -0.4 is 11.2 Å². The number of nitriles is 1. The van der Waals surface area contributed by atoms with Gasteiger partial charge >= 0.3 is 0 Å². The Balaban J connectivity index is 1.66. The van der Waals surface area contributed by atoms with E-state index in [4.69, 9.17) is 22.7 Å². The van der Waals surface area contributed by atoms with Crippen molar-refractivity contribution in [2.45, 2.75) is 5.16 Å². The molecule has 0 unspecified atom stereocenters. The number of halogens is 1. The fourth-order valence-corrected chi connectivity index (χ4v) is 3.07. The summed E-state index contributed by atoms with van der Waals surface area (Å²) in [5, 5.41) is 20.6. The van der Waals surface area contributed by atoms with Crippen molar-refractivity contribution < 1.29 is 4.79 Å². The Bertz CT molecular complexity index is 997. The number of aromatic nitrogens is 3. The van der Waals surface area contributed by atoms with Crippen LogP contribution in [0, 0.1) is 11.3 Å². The maximum atomic E-state index is 12.1. The van der Waals surface area contributed by atoms with Gasteiger partial charge in [-0.1, -0.05) is 41.6 Å². The first-order chi connectivity index (χ1) is 12.6. The number of hydrogen-bond acceptors (Lipinski definition) is 6. The van der Waals surface area contributed by atoms with Crippen LogP contribution in [0.15, 0.2) is 53.7 Å². The fourth-order valence-electron chi connectivity index (χ4n) is 2.20. The number of nitrogens with two attached hydrogens (primary N) is 1. The molecule has 0 saturated heterocycles. The Kier molecular flexibility index (Phi) is 5.41. The zero-order chi connectivity index (χ0) is 18.5. The van der Waals surface area contributed by atoms with Crippen LogP contribution in [0.1, 0.15) is 5.56 Å². The van der Waals surface area contributed by atoms with E-state index in [1.165, 1.54) is 4.68 Å². The number of rotatable bonds is 5. The van der Waals surface area contributed by atoms with Gasteiger partial charge in [0.05, 0.1) is 22.4 Å². The van der Waals surface area contributed by atoms with Crippen molar-refractivity contribution in [3.63, 3.8) is 0 Å². The van der Waals surface area contributed by atoms with Crippen LogP contribution >= 0.6 is 23.4 Å². The Morgan fingerprint density at radius 3 is 2.85 bits per heavy atom. The van der Waals surface area contributed by atoms with Crippen LogP contribution in [0.3, 0.4) is 0 Å². The van der Waals surface area contributed by atoms with E-state index < -0.39 is 0 Å². The number of anilines is 1. The summed E-state index contributed by atoms with van der Waals surface area (Å²) >= 11 is 7.30.